The Morgan fingerprint density at radius 1 is 0.966 bits per heavy atom. The Kier molecular flexibility index (Phi) is 5.27. The van der Waals surface area contributed by atoms with Crippen LogP contribution in [0.3, 0.4) is 0 Å². The van der Waals surface area contributed by atoms with Crippen molar-refractivity contribution < 1.29 is 12.8 Å². The largest absolute Gasteiger partial charge is 0.279 e. The highest BCUT2D eigenvalue weighted by Gasteiger charge is 2.37. The second-order valence-electron chi connectivity index (χ2n) is 6.92. The fourth-order valence-electron chi connectivity index (χ4n) is 3.28. The summed E-state index contributed by atoms with van der Waals surface area (Å²) < 4.78 is 42.2. The highest BCUT2D eigenvalue weighted by atomic mass is 79.9. The van der Waals surface area contributed by atoms with E-state index in [0.717, 1.165) is 20.0 Å². The number of hydrazone groups is 1. The van der Waals surface area contributed by atoms with Crippen LogP contribution in [0.5, 0.6) is 0 Å². The van der Waals surface area contributed by atoms with Crippen LogP contribution in [0.1, 0.15) is 29.2 Å². The number of sulfonamides is 1. The highest BCUT2D eigenvalue weighted by molar-refractivity contribution is 9.10. The zero-order valence-electron chi connectivity index (χ0n) is 15.6. The first-order chi connectivity index (χ1) is 13.8. The minimum Gasteiger partial charge on any atom is -0.207 e. The van der Waals surface area contributed by atoms with E-state index in [0.29, 0.717) is 17.7 Å². The van der Waals surface area contributed by atoms with Gasteiger partial charge in [-0.05, 0) is 54.4 Å². The molecule has 29 heavy (non-hydrogen) atoms. The molecule has 3 aromatic carbocycles. The van der Waals surface area contributed by atoms with Crippen molar-refractivity contribution in [2.75, 3.05) is 0 Å². The molecule has 0 fully saturated rings. The minimum atomic E-state index is -3.87. The molecule has 0 amide bonds. The van der Waals surface area contributed by atoms with Crippen LogP contribution in [0.2, 0.25) is 0 Å². The Morgan fingerprint density at radius 2 is 1.59 bits per heavy atom. The van der Waals surface area contributed by atoms with Gasteiger partial charge in [-0.25, -0.2) is 4.39 Å². The van der Waals surface area contributed by atoms with E-state index in [2.05, 4.69) is 21.0 Å². The van der Waals surface area contributed by atoms with E-state index in [4.69, 9.17) is 0 Å². The summed E-state index contributed by atoms with van der Waals surface area (Å²) in [7, 11) is -3.87. The number of nitrogens with zero attached hydrogens (tertiary/aromatic N) is 2. The lowest BCUT2D eigenvalue weighted by Crippen LogP contribution is -2.27. The summed E-state index contributed by atoms with van der Waals surface area (Å²) in [6.07, 6.45) is 0.401. The topological polar surface area (TPSA) is 49.7 Å². The molecule has 0 aliphatic carbocycles. The van der Waals surface area contributed by atoms with E-state index in [1.54, 1.807) is 36.4 Å². The maximum Gasteiger partial charge on any atom is 0.279 e. The molecule has 1 atom stereocenters. The van der Waals surface area contributed by atoms with E-state index >= 15 is 0 Å². The number of halogens is 2. The smallest absolute Gasteiger partial charge is 0.207 e. The Morgan fingerprint density at radius 3 is 2.21 bits per heavy atom. The van der Waals surface area contributed by atoms with Crippen LogP contribution in [0.25, 0.3) is 0 Å². The molecule has 0 saturated heterocycles. The third kappa shape index (κ3) is 3.97. The van der Waals surface area contributed by atoms with E-state index in [-0.39, 0.29) is 10.7 Å². The normalized spacial score (nSPS) is 16.7. The van der Waals surface area contributed by atoms with Crippen molar-refractivity contribution in [3.8, 4) is 0 Å². The van der Waals surface area contributed by atoms with Gasteiger partial charge in [0.1, 0.15) is 5.82 Å². The molecule has 1 heterocycles. The van der Waals surface area contributed by atoms with Gasteiger partial charge >= 0.3 is 0 Å². The quantitative estimate of drug-likeness (QED) is 0.507. The van der Waals surface area contributed by atoms with Gasteiger partial charge in [0, 0.05) is 10.9 Å². The number of hydrogen-bond donors (Lipinski definition) is 0. The molecule has 4 rings (SSSR count). The number of aryl methyl sites for hydroxylation is 1. The van der Waals surface area contributed by atoms with Gasteiger partial charge in [0.15, 0.2) is 0 Å². The molecule has 4 nitrogen and oxygen atoms in total. The van der Waals surface area contributed by atoms with Gasteiger partial charge in [-0.1, -0.05) is 57.9 Å². The molecule has 148 valence electrons. The molecule has 1 aliphatic rings. The molecule has 0 N–H and O–H groups in total. The van der Waals surface area contributed by atoms with E-state index < -0.39 is 16.1 Å². The van der Waals surface area contributed by atoms with Crippen LogP contribution >= 0.6 is 15.9 Å². The van der Waals surface area contributed by atoms with Crippen molar-refractivity contribution in [2.45, 2.75) is 24.3 Å². The van der Waals surface area contributed by atoms with Crippen molar-refractivity contribution in [3.63, 3.8) is 0 Å². The Balaban J connectivity index is 1.79. The third-order valence-corrected chi connectivity index (χ3v) is 7.10. The average molecular weight is 473 g/mol. The second-order valence-corrected chi connectivity index (χ2v) is 9.63. The molecule has 7 heteroatoms. The molecule has 0 radical (unpaired) electrons. The first-order valence-electron chi connectivity index (χ1n) is 9.04. The third-order valence-electron chi connectivity index (χ3n) is 4.87. The van der Waals surface area contributed by atoms with Gasteiger partial charge in [0.05, 0.1) is 16.6 Å². The molecule has 0 aromatic heterocycles. The van der Waals surface area contributed by atoms with Crippen molar-refractivity contribution in [1.82, 2.24) is 4.41 Å². The molecular formula is C22H18BrFN2O2S. The first-order valence-corrected chi connectivity index (χ1v) is 11.3. The maximum atomic E-state index is 13.4. The standard InChI is InChI=1S/C22H18BrFN2O2S/c1-15-2-12-20(13-3-15)29(27,28)26-22(17-6-10-19(24)11-7-17)14-21(25-26)16-4-8-18(23)9-5-16/h2-13,22H,14H2,1H3/t22-/m1/s1. The summed E-state index contributed by atoms with van der Waals surface area (Å²) in [5, 5.41) is 4.49. The van der Waals surface area contributed by atoms with Crippen LogP contribution in [0.4, 0.5) is 4.39 Å². The molecule has 0 spiro atoms. The van der Waals surface area contributed by atoms with Crippen LogP contribution in [0, 0.1) is 12.7 Å². The SMILES string of the molecule is Cc1ccc(S(=O)(=O)N2N=C(c3ccc(Br)cc3)C[C@@H]2c2ccc(F)cc2)cc1. The van der Waals surface area contributed by atoms with Crippen LogP contribution in [-0.2, 0) is 10.0 Å². The number of rotatable bonds is 4. The molecule has 1 aliphatic heterocycles. The van der Waals surface area contributed by atoms with Crippen LogP contribution < -0.4 is 0 Å². The fourth-order valence-corrected chi connectivity index (χ4v) is 4.98. The molecule has 0 bridgehead atoms. The fraction of sp³-hybridized carbons (Fsp3) is 0.136. The van der Waals surface area contributed by atoms with Gasteiger partial charge in [0.25, 0.3) is 10.0 Å². The number of hydrogen-bond acceptors (Lipinski definition) is 3. The molecule has 0 saturated carbocycles. The predicted molar refractivity (Wildman–Crippen MR) is 115 cm³/mol. The molecule has 3 aromatic rings. The van der Waals surface area contributed by atoms with Crippen LogP contribution in [-0.4, -0.2) is 18.5 Å². The summed E-state index contributed by atoms with van der Waals surface area (Å²) >= 11 is 3.41. The van der Waals surface area contributed by atoms with Crippen molar-refractivity contribution in [3.05, 3.63) is 99.8 Å². The average Bonchev–Trinajstić information content (AvgIpc) is 3.16. The van der Waals surface area contributed by atoms with Crippen molar-refractivity contribution in [1.29, 1.82) is 0 Å². The Bertz CT molecular complexity index is 1160. The van der Waals surface area contributed by atoms with Gasteiger partial charge in [0.2, 0.25) is 0 Å². The highest BCUT2D eigenvalue weighted by Crippen LogP contribution is 2.37. The van der Waals surface area contributed by atoms with Crippen LogP contribution in [0.15, 0.2) is 87.3 Å². The molecule has 0 unspecified atom stereocenters. The number of benzene rings is 3. The molecular weight excluding hydrogens is 455 g/mol. The lowest BCUT2D eigenvalue weighted by molar-refractivity contribution is 0.371. The summed E-state index contributed by atoms with van der Waals surface area (Å²) in [6, 6.07) is 19.6. The Hall–Kier alpha value is -2.51. The Labute approximate surface area is 177 Å². The zero-order chi connectivity index (χ0) is 20.6. The van der Waals surface area contributed by atoms with Gasteiger partial charge in [-0.3, -0.25) is 0 Å². The van der Waals surface area contributed by atoms with E-state index in [1.165, 1.54) is 12.1 Å². The summed E-state index contributed by atoms with van der Waals surface area (Å²) in [5.41, 5.74) is 3.18. The van der Waals surface area contributed by atoms with E-state index in [1.807, 2.05) is 31.2 Å². The lowest BCUT2D eigenvalue weighted by atomic mass is 9.99. The van der Waals surface area contributed by atoms with Gasteiger partial charge in [-0.15, -0.1) is 0 Å². The maximum absolute atomic E-state index is 13.4. The van der Waals surface area contributed by atoms with Crippen molar-refractivity contribution in [2.24, 2.45) is 5.10 Å². The van der Waals surface area contributed by atoms with Gasteiger partial charge < -0.3 is 0 Å². The summed E-state index contributed by atoms with van der Waals surface area (Å²) in [5.74, 6) is -0.367. The predicted octanol–water partition coefficient (Wildman–Crippen LogP) is 5.44. The summed E-state index contributed by atoms with van der Waals surface area (Å²) in [4.78, 5) is 0.177. The first kappa shape index (κ1) is 19.8. The summed E-state index contributed by atoms with van der Waals surface area (Å²) in [6.45, 7) is 1.90. The minimum absolute atomic E-state index is 0.177. The lowest BCUT2D eigenvalue weighted by Gasteiger charge is -2.23. The van der Waals surface area contributed by atoms with Crippen molar-refractivity contribution >= 4 is 31.7 Å². The zero-order valence-corrected chi connectivity index (χ0v) is 18.0. The van der Waals surface area contributed by atoms with Gasteiger partial charge in [-0.2, -0.15) is 17.9 Å². The second kappa shape index (κ2) is 7.72. The monoisotopic (exact) mass is 472 g/mol. The van der Waals surface area contributed by atoms with E-state index in [9.17, 15) is 12.8 Å².